The summed E-state index contributed by atoms with van der Waals surface area (Å²) in [6.45, 7) is 4.61. The maximum absolute atomic E-state index is 9.84. The molecule has 3 heteroatoms. The van der Waals surface area contributed by atoms with E-state index in [-0.39, 0.29) is 6.10 Å². The Morgan fingerprint density at radius 3 is 3.17 bits per heavy atom. The van der Waals surface area contributed by atoms with Crippen LogP contribution in [0.5, 0.6) is 5.75 Å². The van der Waals surface area contributed by atoms with E-state index in [1.807, 2.05) is 0 Å². The predicted octanol–water partition coefficient (Wildman–Crippen LogP) is 1.91. The Bertz CT molecular complexity index is 379. The van der Waals surface area contributed by atoms with Crippen molar-refractivity contribution in [3.05, 3.63) is 29.3 Å². The van der Waals surface area contributed by atoms with Crippen LogP contribution in [0.2, 0.25) is 0 Å². The molecule has 0 aliphatic carbocycles. The lowest BCUT2D eigenvalue weighted by Crippen LogP contribution is -2.27. The van der Waals surface area contributed by atoms with Gasteiger partial charge in [-0.15, -0.1) is 0 Å². The summed E-state index contributed by atoms with van der Waals surface area (Å²) in [6.07, 6.45) is 3.63. The summed E-state index contributed by atoms with van der Waals surface area (Å²) >= 11 is 0. The van der Waals surface area contributed by atoms with Gasteiger partial charge in [-0.2, -0.15) is 0 Å². The number of ether oxygens (including phenoxy) is 1. The van der Waals surface area contributed by atoms with Gasteiger partial charge in [-0.05, 0) is 43.0 Å². The maximum Gasteiger partial charge on any atom is 0.122 e. The predicted molar refractivity (Wildman–Crippen MR) is 73.1 cm³/mol. The highest BCUT2D eigenvalue weighted by molar-refractivity contribution is 5.39. The highest BCUT2D eigenvalue weighted by Gasteiger charge is 2.12. The minimum absolute atomic E-state index is 0.249. The van der Waals surface area contributed by atoms with Gasteiger partial charge in [0.15, 0.2) is 0 Å². The topological polar surface area (TPSA) is 41.5 Å². The van der Waals surface area contributed by atoms with Crippen LogP contribution in [0.4, 0.5) is 0 Å². The molecule has 3 nitrogen and oxygen atoms in total. The molecular weight excluding hydrogens is 226 g/mol. The first kappa shape index (κ1) is 13.4. The number of nitrogens with one attached hydrogen (secondary N) is 1. The molecule has 1 aliphatic rings. The van der Waals surface area contributed by atoms with Crippen LogP contribution in [0, 0.1) is 0 Å². The molecule has 2 N–H and O–H groups in total. The fourth-order valence-electron chi connectivity index (χ4n) is 2.28. The van der Waals surface area contributed by atoms with Crippen molar-refractivity contribution in [3.63, 3.8) is 0 Å². The summed E-state index contributed by atoms with van der Waals surface area (Å²) in [7, 11) is 0. The molecule has 0 saturated carbocycles. The van der Waals surface area contributed by atoms with Crippen molar-refractivity contribution in [1.82, 2.24) is 5.32 Å². The molecule has 0 saturated heterocycles. The summed E-state index contributed by atoms with van der Waals surface area (Å²) in [5, 5.41) is 13.1. The molecule has 0 radical (unpaired) electrons. The highest BCUT2D eigenvalue weighted by atomic mass is 16.5. The molecule has 100 valence electrons. The van der Waals surface area contributed by atoms with Crippen LogP contribution in [-0.4, -0.2) is 30.9 Å². The van der Waals surface area contributed by atoms with Crippen LogP contribution >= 0.6 is 0 Å². The van der Waals surface area contributed by atoms with Gasteiger partial charge in [-0.1, -0.05) is 19.1 Å². The van der Waals surface area contributed by atoms with Crippen LogP contribution in [0.3, 0.4) is 0 Å². The molecule has 0 aromatic heterocycles. The first-order valence-electron chi connectivity index (χ1n) is 6.93. The minimum Gasteiger partial charge on any atom is -0.493 e. The number of benzene rings is 1. The van der Waals surface area contributed by atoms with E-state index in [1.165, 1.54) is 11.1 Å². The summed E-state index contributed by atoms with van der Waals surface area (Å²) in [4.78, 5) is 0. The summed E-state index contributed by atoms with van der Waals surface area (Å²) in [6, 6.07) is 6.38. The van der Waals surface area contributed by atoms with Gasteiger partial charge in [0.25, 0.3) is 0 Å². The van der Waals surface area contributed by atoms with Crippen LogP contribution in [0.15, 0.2) is 18.2 Å². The van der Waals surface area contributed by atoms with Crippen LogP contribution in [-0.2, 0) is 12.8 Å². The molecule has 2 rings (SSSR count). The average Bonchev–Trinajstić information content (AvgIpc) is 2.84. The third-order valence-electron chi connectivity index (χ3n) is 3.33. The third-order valence-corrected chi connectivity index (χ3v) is 3.33. The van der Waals surface area contributed by atoms with E-state index in [9.17, 15) is 5.11 Å². The number of fused-ring (bicyclic) bond motifs is 1. The molecule has 0 amide bonds. The fourth-order valence-corrected chi connectivity index (χ4v) is 2.28. The Morgan fingerprint density at radius 1 is 1.44 bits per heavy atom. The molecule has 1 aliphatic heterocycles. The second-order valence-electron chi connectivity index (χ2n) is 4.94. The maximum atomic E-state index is 9.84. The lowest BCUT2D eigenvalue weighted by atomic mass is 10.0. The van der Waals surface area contributed by atoms with E-state index in [0.29, 0.717) is 6.54 Å². The summed E-state index contributed by atoms with van der Waals surface area (Å²) in [5.74, 6) is 1.03. The standard InChI is InChI=1S/C15H23NO2/c1-2-8-16-11-14(17)5-3-12-4-6-15-13(10-12)7-9-18-15/h4,6,10,14,16-17H,2-3,5,7-9,11H2,1H3. The molecule has 0 fully saturated rings. The monoisotopic (exact) mass is 249 g/mol. The van der Waals surface area contributed by atoms with E-state index in [1.54, 1.807) is 0 Å². The lowest BCUT2D eigenvalue weighted by molar-refractivity contribution is 0.162. The van der Waals surface area contributed by atoms with E-state index in [4.69, 9.17) is 4.74 Å². The fraction of sp³-hybridized carbons (Fsp3) is 0.600. The Morgan fingerprint density at radius 2 is 2.33 bits per heavy atom. The first-order valence-corrected chi connectivity index (χ1v) is 6.93. The van der Waals surface area contributed by atoms with E-state index >= 15 is 0 Å². The smallest absolute Gasteiger partial charge is 0.122 e. The molecule has 18 heavy (non-hydrogen) atoms. The number of rotatable bonds is 7. The lowest BCUT2D eigenvalue weighted by Gasteiger charge is -2.11. The molecule has 0 bridgehead atoms. The van der Waals surface area contributed by atoms with Crippen molar-refractivity contribution in [1.29, 1.82) is 0 Å². The number of aryl methyl sites for hydroxylation is 1. The van der Waals surface area contributed by atoms with Crippen LogP contribution in [0.25, 0.3) is 0 Å². The van der Waals surface area contributed by atoms with Crippen molar-refractivity contribution < 1.29 is 9.84 Å². The van der Waals surface area contributed by atoms with E-state index in [0.717, 1.165) is 44.6 Å². The van der Waals surface area contributed by atoms with E-state index in [2.05, 4.69) is 30.4 Å². The molecular formula is C15H23NO2. The van der Waals surface area contributed by atoms with Gasteiger partial charge in [0, 0.05) is 13.0 Å². The molecule has 1 heterocycles. The SMILES string of the molecule is CCCNCC(O)CCc1ccc2c(c1)CCO2. The Labute approximate surface area is 109 Å². The normalized spacial score (nSPS) is 15.2. The second kappa shape index (κ2) is 6.76. The van der Waals surface area contributed by atoms with Crippen molar-refractivity contribution in [2.24, 2.45) is 0 Å². The van der Waals surface area contributed by atoms with Gasteiger partial charge in [-0.3, -0.25) is 0 Å². The van der Waals surface area contributed by atoms with Crippen molar-refractivity contribution in [2.45, 2.75) is 38.7 Å². The zero-order valence-corrected chi connectivity index (χ0v) is 11.1. The molecule has 1 aromatic rings. The largest absolute Gasteiger partial charge is 0.493 e. The Balaban J connectivity index is 1.76. The molecule has 1 atom stereocenters. The van der Waals surface area contributed by atoms with Gasteiger partial charge < -0.3 is 15.2 Å². The summed E-state index contributed by atoms with van der Waals surface area (Å²) in [5.41, 5.74) is 2.61. The van der Waals surface area contributed by atoms with Crippen molar-refractivity contribution in [2.75, 3.05) is 19.7 Å². The summed E-state index contributed by atoms with van der Waals surface area (Å²) < 4.78 is 5.49. The number of hydrogen-bond donors (Lipinski definition) is 2. The first-order chi connectivity index (χ1) is 8.79. The zero-order valence-electron chi connectivity index (χ0n) is 11.1. The van der Waals surface area contributed by atoms with Gasteiger partial charge >= 0.3 is 0 Å². The molecule has 1 aromatic carbocycles. The number of aliphatic hydroxyl groups is 1. The van der Waals surface area contributed by atoms with Gasteiger partial charge in [0.2, 0.25) is 0 Å². The average molecular weight is 249 g/mol. The molecule has 0 spiro atoms. The minimum atomic E-state index is -0.249. The third kappa shape index (κ3) is 3.72. The second-order valence-corrected chi connectivity index (χ2v) is 4.94. The molecule has 1 unspecified atom stereocenters. The quantitative estimate of drug-likeness (QED) is 0.725. The van der Waals surface area contributed by atoms with Crippen molar-refractivity contribution in [3.8, 4) is 5.75 Å². The Hall–Kier alpha value is -1.06. The van der Waals surface area contributed by atoms with Gasteiger partial charge in [-0.25, -0.2) is 0 Å². The van der Waals surface area contributed by atoms with Crippen LogP contribution < -0.4 is 10.1 Å². The van der Waals surface area contributed by atoms with Gasteiger partial charge in [0.05, 0.1) is 12.7 Å². The Kier molecular flexibility index (Phi) is 5.02. The van der Waals surface area contributed by atoms with Crippen LogP contribution in [0.1, 0.15) is 30.9 Å². The zero-order chi connectivity index (χ0) is 12.8. The van der Waals surface area contributed by atoms with Crippen molar-refractivity contribution >= 4 is 0 Å². The van der Waals surface area contributed by atoms with E-state index < -0.39 is 0 Å². The number of aliphatic hydroxyl groups excluding tert-OH is 1. The highest BCUT2D eigenvalue weighted by Crippen LogP contribution is 2.26. The van der Waals surface area contributed by atoms with Gasteiger partial charge in [0.1, 0.15) is 5.75 Å². The number of hydrogen-bond acceptors (Lipinski definition) is 3.